The van der Waals surface area contributed by atoms with E-state index < -0.39 is 0 Å². The number of para-hydroxylation sites is 1. The number of amides is 2. The first-order chi connectivity index (χ1) is 14.4. The molecule has 156 valence electrons. The maximum atomic E-state index is 12.9. The SMILES string of the molecule is CCc1ccccc1NC(=O)CN(C)C(=O)C(C)c1ccc2cc(OC)ccc2c1. The average molecular weight is 405 g/mol. The van der Waals surface area contributed by atoms with Gasteiger partial charge in [0.25, 0.3) is 0 Å². The van der Waals surface area contributed by atoms with Gasteiger partial charge in [0.2, 0.25) is 11.8 Å². The minimum absolute atomic E-state index is 0.00595. The predicted molar refractivity (Wildman–Crippen MR) is 121 cm³/mol. The number of nitrogens with one attached hydrogen (secondary N) is 1. The van der Waals surface area contributed by atoms with Gasteiger partial charge in [0.15, 0.2) is 0 Å². The fraction of sp³-hybridized carbons (Fsp3) is 0.280. The predicted octanol–water partition coefficient (Wildman–Crippen LogP) is 4.61. The van der Waals surface area contributed by atoms with E-state index in [2.05, 4.69) is 5.32 Å². The van der Waals surface area contributed by atoms with Crippen molar-refractivity contribution in [1.29, 1.82) is 0 Å². The molecule has 1 atom stereocenters. The van der Waals surface area contributed by atoms with Crippen LogP contribution in [-0.4, -0.2) is 37.4 Å². The molecular formula is C25H28N2O3. The Hall–Kier alpha value is -3.34. The number of anilines is 1. The number of ether oxygens (including phenoxy) is 1. The molecule has 30 heavy (non-hydrogen) atoms. The topological polar surface area (TPSA) is 58.6 Å². The number of fused-ring (bicyclic) bond motifs is 1. The molecule has 5 nitrogen and oxygen atoms in total. The molecule has 0 heterocycles. The van der Waals surface area contributed by atoms with Crippen molar-refractivity contribution in [1.82, 2.24) is 4.90 Å². The lowest BCUT2D eigenvalue weighted by Gasteiger charge is -2.22. The minimum Gasteiger partial charge on any atom is -0.497 e. The summed E-state index contributed by atoms with van der Waals surface area (Å²) in [6.45, 7) is 3.92. The van der Waals surface area contributed by atoms with Gasteiger partial charge in [-0.1, -0.05) is 49.4 Å². The summed E-state index contributed by atoms with van der Waals surface area (Å²) >= 11 is 0. The van der Waals surface area contributed by atoms with Crippen LogP contribution in [0, 0.1) is 0 Å². The molecule has 1 N–H and O–H groups in total. The number of likely N-dealkylation sites (N-methyl/N-ethyl adjacent to an activating group) is 1. The van der Waals surface area contributed by atoms with Crippen LogP contribution in [-0.2, 0) is 16.0 Å². The van der Waals surface area contributed by atoms with Crippen LogP contribution in [0.1, 0.15) is 30.9 Å². The van der Waals surface area contributed by atoms with E-state index in [9.17, 15) is 9.59 Å². The summed E-state index contributed by atoms with van der Waals surface area (Å²) in [5, 5.41) is 5.02. The Balaban J connectivity index is 1.67. The normalized spacial score (nSPS) is 11.7. The standard InChI is InChI=1S/C25H28N2O3/c1-5-18-8-6-7-9-23(18)26-24(28)16-27(3)25(29)17(2)19-10-11-21-15-22(30-4)13-12-20(21)14-19/h6-15,17H,5,16H2,1-4H3,(H,26,28). The first kappa shape index (κ1) is 21.4. The number of methoxy groups -OCH3 is 1. The van der Waals surface area contributed by atoms with Gasteiger partial charge in [0.1, 0.15) is 5.75 Å². The highest BCUT2D eigenvalue weighted by Crippen LogP contribution is 2.26. The van der Waals surface area contributed by atoms with Gasteiger partial charge in [-0.25, -0.2) is 0 Å². The molecule has 2 amide bonds. The maximum absolute atomic E-state index is 12.9. The van der Waals surface area contributed by atoms with Crippen LogP contribution in [0.2, 0.25) is 0 Å². The molecule has 1 unspecified atom stereocenters. The molecule has 0 saturated carbocycles. The second kappa shape index (κ2) is 9.44. The molecule has 0 aromatic heterocycles. The van der Waals surface area contributed by atoms with Gasteiger partial charge in [-0.05, 0) is 53.4 Å². The second-order valence-corrected chi connectivity index (χ2v) is 7.45. The van der Waals surface area contributed by atoms with E-state index >= 15 is 0 Å². The molecule has 0 spiro atoms. The minimum atomic E-state index is -0.350. The Kier molecular flexibility index (Phi) is 6.72. The number of carbonyl (C=O) groups is 2. The first-order valence-corrected chi connectivity index (χ1v) is 10.1. The number of nitrogens with zero attached hydrogens (tertiary/aromatic N) is 1. The monoisotopic (exact) mass is 404 g/mol. The summed E-state index contributed by atoms with van der Waals surface area (Å²) in [4.78, 5) is 26.9. The third-order valence-corrected chi connectivity index (χ3v) is 5.37. The van der Waals surface area contributed by atoms with Crippen LogP contribution in [0.5, 0.6) is 5.75 Å². The van der Waals surface area contributed by atoms with Crippen molar-refractivity contribution < 1.29 is 14.3 Å². The van der Waals surface area contributed by atoms with Crippen molar-refractivity contribution in [2.45, 2.75) is 26.2 Å². The first-order valence-electron chi connectivity index (χ1n) is 10.1. The van der Waals surface area contributed by atoms with Crippen LogP contribution in [0.15, 0.2) is 60.7 Å². The van der Waals surface area contributed by atoms with Crippen molar-refractivity contribution in [3.8, 4) is 5.75 Å². The third kappa shape index (κ3) is 4.79. The zero-order valence-corrected chi connectivity index (χ0v) is 17.9. The van der Waals surface area contributed by atoms with Gasteiger partial charge in [-0.15, -0.1) is 0 Å². The molecule has 0 aliphatic rings. The van der Waals surface area contributed by atoms with Crippen LogP contribution < -0.4 is 10.1 Å². The van der Waals surface area contributed by atoms with E-state index in [0.29, 0.717) is 0 Å². The summed E-state index contributed by atoms with van der Waals surface area (Å²) in [6.07, 6.45) is 0.829. The molecule has 0 aliphatic carbocycles. The lowest BCUT2D eigenvalue weighted by atomic mass is 9.96. The van der Waals surface area contributed by atoms with Gasteiger partial charge in [0.05, 0.1) is 19.6 Å². The largest absolute Gasteiger partial charge is 0.497 e. The molecule has 0 fully saturated rings. The van der Waals surface area contributed by atoms with Crippen LogP contribution in [0.25, 0.3) is 10.8 Å². The van der Waals surface area contributed by atoms with E-state index in [1.54, 1.807) is 14.2 Å². The Labute approximate surface area is 177 Å². The number of hydrogen-bond acceptors (Lipinski definition) is 3. The van der Waals surface area contributed by atoms with Gasteiger partial charge < -0.3 is 15.0 Å². The van der Waals surface area contributed by atoms with Crippen molar-refractivity contribution in [2.75, 3.05) is 26.0 Å². The van der Waals surface area contributed by atoms with Crippen molar-refractivity contribution in [3.05, 3.63) is 71.8 Å². The lowest BCUT2D eigenvalue weighted by Crippen LogP contribution is -2.37. The Morgan fingerprint density at radius 2 is 1.73 bits per heavy atom. The number of benzene rings is 3. The average Bonchev–Trinajstić information content (AvgIpc) is 2.77. The third-order valence-electron chi connectivity index (χ3n) is 5.37. The van der Waals surface area contributed by atoms with E-state index in [0.717, 1.165) is 39.8 Å². The van der Waals surface area contributed by atoms with Crippen molar-refractivity contribution in [2.24, 2.45) is 0 Å². The van der Waals surface area contributed by atoms with E-state index in [-0.39, 0.29) is 24.3 Å². The Morgan fingerprint density at radius 3 is 2.47 bits per heavy atom. The summed E-state index contributed by atoms with van der Waals surface area (Å²) < 4.78 is 5.27. The quantitative estimate of drug-likeness (QED) is 0.626. The highest BCUT2D eigenvalue weighted by atomic mass is 16.5. The molecule has 3 aromatic carbocycles. The van der Waals surface area contributed by atoms with E-state index in [1.165, 1.54) is 4.90 Å². The molecular weight excluding hydrogens is 376 g/mol. The highest BCUT2D eigenvalue weighted by molar-refractivity contribution is 5.96. The molecule has 3 rings (SSSR count). The van der Waals surface area contributed by atoms with Gasteiger partial charge >= 0.3 is 0 Å². The smallest absolute Gasteiger partial charge is 0.243 e. The Morgan fingerprint density at radius 1 is 1.03 bits per heavy atom. The van der Waals surface area contributed by atoms with Crippen LogP contribution in [0.4, 0.5) is 5.69 Å². The fourth-order valence-electron chi connectivity index (χ4n) is 3.55. The fourth-order valence-corrected chi connectivity index (χ4v) is 3.55. The number of aryl methyl sites for hydroxylation is 1. The van der Waals surface area contributed by atoms with Gasteiger partial charge in [-0.2, -0.15) is 0 Å². The summed E-state index contributed by atoms with van der Waals surface area (Å²) in [5.74, 6) is 0.151. The molecule has 0 saturated heterocycles. The molecule has 0 bridgehead atoms. The summed E-state index contributed by atoms with van der Waals surface area (Å²) in [7, 11) is 3.30. The summed E-state index contributed by atoms with van der Waals surface area (Å²) in [5.41, 5.74) is 2.78. The van der Waals surface area contributed by atoms with Crippen LogP contribution >= 0.6 is 0 Å². The maximum Gasteiger partial charge on any atom is 0.243 e. The molecule has 5 heteroatoms. The van der Waals surface area contributed by atoms with Crippen molar-refractivity contribution >= 4 is 28.3 Å². The lowest BCUT2D eigenvalue weighted by molar-refractivity contribution is -0.134. The number of carbonyl (C=O) groups excluding carboxylic acids is 2. The zero-order chi connectivity index (χ0) is 21.7. The number of hydrogen-bond donors (Lipinski definition) is 1. The Bertz CT molecular complexity index is 1060. The van der Waals surface area contributed by atoms with Gasteiger partial charge in [0, 0.05) is 12.7 Å². The molecule has 0 radical (unpaired) electrons. The van der Waals surface area contributed by atoms with Crippen LogP contribution in [0.3, 0.4) is 0 Å². The summed E-state index contributed by atoms with van der Waals surface area (Å²) in [6, 6.07) is 19.5. The van der Waals surface area contributed by atoms with E-state index in [4.69, 9.17) is 4.74 Å². The highest BCUT2D eigenvalue weighted by Gasteiger charge is 2.21. The molecule has 0 aliphatic heterocycles. The van der Waals surface area contributed by atoms with Gasteiger partial charge in [-0.3, -0.25) is 9.59 Å². The number of rotatable bonds is 7. The second-order valence-electron chi connectivity index (χ2n) is 7.45. The zero-order valence-electron chi connectivity index (χ0n) is 17.9. The van der Waals surface area contributed by atoms with Crippen molar-refractivity contribution in [3.63, 3.8) is 0 Å². The molecule has 3 aromatic rings. The van der Waals surface area contributed by atoms with E-state index in [1.807, 2.05) is 74.5 Å².